The van der Waals surface area contributed by atoms with Crippen molar-refractivity contribution in [2.24, 2.45) is 0 Å². The first-order valence-electron chi connectivity index (χ1n) is 10.0. The van der Waals surface area contributed by atoms with E-state index in [0.29, 0.717) is 23.0 Å². The van der Waals surface area contributed by atoms with Crippen molar-refractivity contribution in [2.45, 2.75) is 32.0 Å². The number of hydrogen-bond donors (Lipinski definition) is 0. The summed E-state index contributed by atoms with van der Waals surface area (Å²) in [5.74, 6) is 0.882. The van der Waals surface area contributed by atoms with Crippen molar-refractivity contribution in [3.8, 4) is 10.9 Å². The first kappa shape index (κ1) is 17.9. The van der Waals surface area contributed by atoms with Crippen LogP contribution in [-0.4, -0.2) is 50.8 Å². The van der Waals surface area contributed by atoms with Gasteiger partial charge in [-0.1, -0.05) is 11.3 Å². The zero-order valence-electron chi connectivity index (χ0n) is 16.4. The maximum Gasteiger partial charge on any atom is 0.281 e. The minimum Gasteiger partial charge on any atom is -0.464 e. The van der Waals surface area contributed by atoms with E-state index in [1.165, 1.54) is 16.9 Å². The molecule has 0 saturated carbocycles. The smallest absolute Gasteiger partial charge is 0.281 e. The highest BCUT2D eigenvalue weighted by molar-refractivity contribution is 7.19. The van der Waals surface area contributed by atoms with Gasteiger partial charge in [-0.05, 0) is 30.7 Å². The second-order valence-corrected chi connectivity index (χ2v) is 8.91. The number of nitrogens with zero attached hydrogens (tertiary/aromatic N) is 4. The Morgan fingerprint density at radius 3 is 3.03 bits per heavy atom. The highest BCUT2D eigenvalue weighted by atomic mass is 32.1. The Balaban J connectivity index is 1.20. The molecule has 0 radical (unpaired) electrons. The van der Waals surface area contributed by atoms with Gasteiger partial charge in [0.25, 0.3) is 5.19 Å². The number of thiazole rings is 1. The molecule has 0 N–H and O–H groups in total. The fourth-order valence-electron chi connectivity index (χ4n) is 4.69. The zero-order valence-corrected chi connectivity index (χ0v) is 17.3. The molecule has 0 aliphatic carbocycles. The lowest BCUT2D eigenvalue weighted by atomic mass is 10.1. The fourth-order valence-corrected chi connectivity index (χ4v) is 5.47. The lowest BCUT2D eigenvalue weighted by Crippen LogP contribution is -2.47. The normalized spacial score (nSPS) is 21.2. The summed E-state index contributed by atoms with van der Waals surface area (Å²) in [6, 6.07) is 10.5. The summed E-state index contributed by atoms with van der Waals surface area (Å²) in [6.07, 6.45) is 4.67. The van der Waals surface area contributed by atoms with Crippen molar-refractivity contribution in [2.75, 3.05) is 13.1 Å². The van der Waals surface area contributed by atoms with Crippen LogP contribution in [0.1, 0.15) is 18.9 Å². The van der Waals surface area contributed by atoms with Crippen molar-refractivity contribution < 1.29 is 13.9 Å². The van der Waals surface area contributed by atoms with E-state index in [1.807, 2.05) is 41.5 Å². The number of rotatable bonds is 4. The van der Waals surface area contributed by atoms with Crippen LogP contribution in [0.5, 0.6) is 10.9 Å². The summed E-state index contributed by atoms with van der Waals surface area (Å²) < 4.78 is 11.8. The number of furan rings is 1. The van der Waals surface area contributed by atoms with E-state index in [0.717, 1.165) is 47.4 Å². The number of fused-ring (bicyclic) bond motifs is 4. The van der Waals surface area contributed by atoms with Gasteiger partial charge in [-0.25, -0.2) is 9.97 Å². The minimum absolute atomic E-state index is 0.187. The lowest BCUT2D eigenvalue weighted by Gasteiger charge is -2.33. The number of hydrogen-bond acceptors (Lipinski definition) is 7. The molecule has 30 heavy (non-hydrogen) atoms. The van der Waals surface area contributed by atoms with E-state index in [2.05, 4.69) is 14.9 Å². The first-order valence-corrected chi connectivity index (χ1v) is 10.9. The molecule has 0 spiro atoms. The van der Waals surface area contributed by atoms with Gasteiger partial charge < -0.3 is 14.1 Å². The maximum atomic E-state index is 11.7. The summed E-state index contributed by atoms with van der Waals surface area (Å²) in [7, 11) is 0. The molecule has 2 saturated heterocycles. The predicted molar refractivity (Wildman–Crippen MR) is 114 cm³/mol. The quantitative estimate of drug-likeness (QED) is 0.496. The SMILES string of the molecule is CC(=O)N1CC2CC1CN2Cc1coc2cc(Oc3nc4cccnc4s3)ccc12. The minimum atomic E-state index is 0.187. The monoisotopic (exact) mass is 420 g/mol. The summed E-state index contributed by atoms with van der Waals surface area (Å²) in [4.78, 5) is 25.8. The summed E-state index contributed by atoms with van der Waals surface area (Å²) >= 11 is 1.42. The molecular formula is C22H20N4O3S. The molecule has 152 valence electrons. The van der Waals surface area contributed by atoms with Gasteiger partial charge in [0.05, 0.1) is 6.26 Å². The molecule has 2 atom stereocenters. The van der Waals surface area contributed by atoms with Crippen molar-refractivity contribution in [3.05, 3.63) is 48.4 Å². The van der Waals surface area contributed by atoms with Crippen LogP contribution in [0, 0.1) is 0 Å². The van der Waals surface area contributed by atoms with Gasteiger partial charge in [0.15, 0.2) is 0 Å². The standard InChI is InChI=1S/C22H20N4O3S/c1-13(27)26-11-15-7-16(26)10-25(15)9-14-12-28-20-8-17(4-5-18(14)20)29-22-24-19-3-2-6-23-21(19)30-22/h2-6,8,12,15-16H,7,9-11H2,1H3. The van der Waals surface area contributed by atoms with Crippen LogP contribution in [0.4, 0.5) is 0 Å². The van der Waals surface area contributed by atoms with Gasteiger partial charge in [0.1, 0.15) is 21.7 Å². The first-order chi connectivity index (χ1) is 14.6. The highest BCUT2D eigenvalue weighted by Crippen LogP contribution is 2.35. The highest BCUT2D eigenvalue weighted by Gasteiger charge is 2.44. The molecule has 2 aliphatic rings. The van der Waals surface area contributed by atoms with Gasteiger partial charge in [0, 0.05) is 61.9 Å². The van der Waals surface area contributed by atoms with Gasteiger partial charge in [-0.15, -0.1) is 0 Å². The predicted octanol–water partition coefficient (Wildman–Crippen LogP) is 4.03. The molecular weight excluding hydrogens is 400 g/mol. The van der Waals surface area contributed by atoms with E-state index in [-0.39, 0.29) is 5.91 Å². The van der Waals surface area contributed by atoms with Crippen LogP contribution >= 0.6 is 11.3 Å². The number of carbonyl (C=O) groups is 1. The topological polar surface area (TPSA) is 71.7 Å². The van der Waals surface area contributed by atoms with Gasteiger partial charge in [-0.3, -0.25) is 9.69 Å². The second-order valence-electron chi connectivity index (χ2n) is 7.97. The summed E-state index contributed by atoms with van der Waals surface area (Å²) in [5, 5.41) is 1.66. The van der Waals surface area contributed by atoms with E-state index < -0.39 is 0 Å². The Morgan fingerprint density at radius 1 is 1.30 bits per heavy atom. The molecule has 7 nitrogen and oxygen atoms in total. The van der Waals surface area contributed by atoms with E-state index in [9.17, 15) is 4.79 Å². The number of pyridine rings is 1. The van der Waals surface area contributed by atoms with Crippen LogP contribution in [0.25, 0.3) is 21.3 Å². The molecule has 3 aromatic heterocycles. The van der Waals surface area contributed by atoms with Crippen LogP contribution in [0.2, 0.25) is 0 Å². The van der Waals surface area contributed by atoms with Crippen molar-refractivity contribution in [3.63, 3.8) is 0 Å². The summed E-state index contributed by atoms with van der Waals surface area (Å²) in [5.41, 5.74) is 2.81. The van der Waals surface area contributed by atoms with E-state index in [4.69, 9.17) is 9.15 Å². The van der Waals surface area contributed by atoms with Crippen LogP contribution in [-0.2, 0) is 11.3 Å². The van der Waals surface area contributed by atoms with Crippen LogP contribution in [0.3, 0.4) is 0 Å². The maximum absolute atomic E-state index is 11.7. The number of carbonyl (C=O) groups excluding carboxylic acids is 1. The lowest BCUT2D eigenvalue weighted by molar-refractivity contribution is -0.131. The molecule has 2 aliphatic heterocycles. The molecule has 4 aromatic rings. The molecule has 2 fully saturated rings. The summed E-state index contributed by atoms with van der Waals surface area (Å²) in [6.45, 7) is 4.28. The van der Waals surface area contributed by atoms with Gasteiger partial charge in [0.2, 0.25) is 5.91 Å². The van der Waals surface area contributed by atoms with Crippen molar-refractivity contribution >= 4 is 38.6 Å². The number of ether oxygens (including phenoxy) is 1. The second kappa shape index (κ2) is 6.78. The van der Waals surface area contributed by atoms with Crippen LogP contribution < -0.4 is 4.74 Å². The third kappa shape index (κ3) is 2.95. The Hall–Kier alpha value is -2.97. The molecule has 6 rings (SSSR count). The number of amides is 1. The third-order valence-electron chi connectivity index (χ3n) is 6.11. The van der Waals surface area contributed by atoms with Crippen LogP contribution in [0.15, 0.2) is 47.2 Å². The Kier molecular flexibility index (Phi) is 4.04. The van der Waals surface area contributed by atoms with E-state index in [1.54, 1.807) is 13.1 Å². The molecule has 8 heteroatoms. The van der Waals surface area contributed by atoms with E-state index >= 15 is 0 Å². The zero-order chi connectivity index (χ0) is 20.2. The number of piperazine rings is 1. The van der Waals surface area contributed by atoms with Gasteiger partial charge >= 0.3 is 0 Å². The molecule has 2 unspecified atom stereocenters. The fraction of sp³-hybridized carbons (Fsp3) is 0.318. The van der Waals surface area contributed by atoms with Crippen molar-refractivity contribution in [1.82, 2.24) is 19.8 Å². The third-order valence-corrected chi connectivity index (χ3v) is 6.97. The number of likely N-dealkylation sites (tertiary alicyclic amines) is 2. The molecule has 1 amide bonds. The molecule has 5 heterocycles. The van der Waals surface area contributed by atoms with Gasteiger partial charge in [-0.2, -0.15) is 0 Å². The Labute approximate surface area is 176 Å². The average Bonchev–Trinajstić information content (AvgIpc) is 3.50. The largest absolute Gasteiger partial charge is 0.464 e. The number of aromatic nitrogens is 2. The average molecular weight is 420 g/mol. The van der Waals surface area contributed by atoms with Crippen molar-refractivity contribution in [1.29, 1.82) is 0 Å². The molecule has 1 aromatic carbocycles. The molecule has 2 bridgehead atoms. The Bertz CT molecular complexity index is 1230. The number of benzene rings is 1. The Morgan fingerprint density at radius 2 is 2.23 bits per heavy atom.